The average molecular weight is 492 g/mol. The van der Waals surface area contributed by atoms with Crippen molar-refractivity contribution in [2.45, 2.75) is 0 Å². The van der Waals surface area contributed by atoms with Crippen molar-refractivity contribution in [1.82, 2.24) is 0 Å². The van der Waals surface area contributed by atoms with Gasteiger partial charge in [0, 0.05) is 21.0 Å². The molecule has 0 aliphatic rings. The molecule has 25 heavy (non-hydrogen) atoms. The third kappa shape index (κ3) is 6.88. The maximum atomic E-state index is 12.0. The molecule has 0 saturated heterocycles. The van der Waals surface area contributed by atoms with Crippen molar-refractivity contribution in [1.29, 1.82) is 0 Å². The van der Waals surface area contributed by atoms with Gasteiger partial charge in [0.15, 0.2) is 0 Å². The fourth-order valence-corrected chi connectivity index (χ4v) is 3.42. The Morgan fingerprint density at radius 1 is 1.04 bits per heavy atom. The predicted molar refractivity (Wildman–Crippen MR) is 100 cm³/mol. The van der Waals surface area contributed by atoms with Gasteiger partial charge in [-0.05, 0) is 35.9 Å². The standard InChI is InChI=1S/C15H9BrCl3NO3S.Na/c16-10-2-3-11(13(18)8-10)15(21)20-24(22,23)6-5-9-1-4-12(17)14(19)7-9;/h1-8H,(H,20,21);/q;+1/p-1/b6-5+;. The summed E-state index contributed by atoms with van der Waals surface area (Å²) < 4.78 is 27.7. The van der Waals surface area contributed by atoms with Gasteiger partial charge in [-0.3, -0.25) is 0 Å². The van der Waals surface area contributed by atoms with E-state index in [-0.39, 0.29) is 45.2 Å². The Bertz CT molecular complexity index is 949. The minimum Gasteiger partial charge on any atom is -0.858 e. The molecule has 0 amide bonds. The van der Waals surface area contributed by atoms with Crippen molar-refractivity contribution in [2.75, 3.05) is 0 Å². The van der Waals surface area contributed by atoms with Crippen LogP contribution >= 0.6 is 50.7 Å². The molecule has 0 aromatic heterocycles. The molecule has 0 aliphatic heterocycles. The average Bonchev–Trinajstić information content (AvgIpc) is 2.48. The van der Waals surface area contributed by atoms with Crippen LogP contribution in [0.2, 0.25) is 15.1 Å². The molecule has 0 N–H and O–H groups in total. The van der Waals surface area contributed by atoms with Crippen molar-refractivity contribution in [3.8, 4) is 0 Å². The molecular formula is C15H8BrCl3NNaO3S. The second-order valence-corrected chi connectivity index (χ2v) is 8.13. The summed E-state index contributed by atoms with van der Waals surface area (Å²) >= 11 is 20.7. The van der Waals surface area contributed by atoms with Gasteiger partial charge in [0.05, 0.1) is 15.5 Å². The number of hydrogen-bond acceptors (Lipinski definition) is 3. The van der Waals surface area contributed by atoms with Crippen molar-refractivity contribution in [2.24, 2.45) is 4.40 Å². The molecular weight excluding hydrogens is 483 g/mol. The molecule has 0 bridgehead atoms. The molecule has 2 aromatic carbocycles. The van der Waals surface area contributed by atoms with Crippen LogP contribution in [0.25, 0.3) is 6.08 Å². The van der Waals surface area contributed by atoms with Gasteiger partial charge in [-0.2, -0.15) is 12.8 Å². The number of benzene rings is 2. The Morgan fingerprint density at radius 2 is 1.72 bits per heavy atom. The van der Waals surface area contributed by atoms with E-state index in [0.717, 1.165) is 5.41 Å². The van der Waals surface area contributed by atoms with Gasteiger partial charge in [0.1, 0.15) is 0 Å². The predicted octanol–water partition coefficient (Wildman–Crippen LogP) is 1.52. The van der Waals surface area contributed by atoms with E-state index >= 15 is 0 Å². The maximum Gasteiger partial charge on any atom is 1.00 e. The van der Waals surface area contributed by atoms with Crippen LogP contribution in [0.4, 0.5) is 0 Å². The molecule has 4 nitrogen and oxygen atoms in total. The molecule has 0 radical (unpaired) electrons. The normalized spacial score (nSPS) is 12.2. The van der Waals surface area contributed by atoms with Crippen molar-refractivity contribution in [3.05, 3.63) is 72.5 Å². The van der Waals surface area contributed by atoms with E-state index in [0.29, 0.717) is 15.1 Å². The summed E-state index contributed by atoms with van der Waals surface area (Å²) in [6.07, 6.45) is 1.26. The first-order chi connectivity index (χ1) is 11.2. The number of sulfonamides is 1. The van der Waals surface area contributed by atoms with Gasteiger partial charge < -0.3 is 5.11 Å². The van der Waals surface area contributed by atoms with Crippen molar-refractivity contribution >= 4 is 72.7 Å². The van der Waals surface area contributed by atoms with E-state index in [2.05, 4.69) is 20.3 Å². The molecule has 10 heteroatoms. The Labute approximate surface area is 191 Å². The van der Waals surface area contributed by atoms with Crippen LogP contribution in [0.1, 0.15) is 11.1 Å². The molecule has 0 heterocycles. The van der Waals surface area contributed by atoms with E-state index in [1.54, 1.807) is 12.1 Å². The Morgan fingerprint density at radius 3 is 2.32 bits per heavy atom. The monoisotopic (exact) mass is 489 g/mol. The van der Waals surface area contributed by atoms with Gasteiger partial charge in [-0.25, -0.2) is 0 Å². The maximum absolute atomic E-state index is 12.0. The van der Waals surface area contributed by atoms with Crippen LogP contribution in [0, 0.1) is 0 Å². The number of hydrogen-bond donors (Lipinski definition) is 0. The summed E-state index contributed by atoms with van der Waals surface area (Å²) in [4.78, 5) is 0. The van der Waals surface area contributed by atoms with Gasteiger partial charge in [-0.1, -0.05) is 62.9 Å². The molecule has 0 atom stereocenters. The first kappa shape index (κ1) is 23.0. The molecule has 126 valence electrons. The summed E-state index contributed by atoms with van der Waals surface area (Å²) in [6.45, 7) is 0. The fourth-order valence-electron chi connectivity index (χ4n) is 1.64. The first-order valence-electron chi connectivity index (χ1n) is 6.28. The minimum atomic E-state index is -4.13. The van der Waals surface area contributed by atoms with E-state index in [4.69, 9.17) is 34.8 Å². The van der Waals surface area contributed by atoms with Gasteiger partial charge in [0.2, 0.25) is 0 Å². The molecule has 0 saturated carbocycles. The van der Waals surface area contributed by atoms with E-state index in [1.165, 1.54) is 30.3 Å². The molecule has 2 rings (SSSR count). The Balaban J connectivity index is 0.00000312. The van der Waals surface area contributed by atoms with E-state index in [9.17, 15) is 13.5 Å². The van der Waals surface area contributed by atoms with Crippen molar-refractivity contribution < 1.29 is 43.1 Å². The topological polar surface area (TPSA) is 69.6 Å². The number of halogens is 4. The van der Waals surface area contributed by atoms with Crippen LogP contribution in [0.5, 0.6) is 0 Å². The smallest absolute Gasteiger partial charge is 0.858 e. The number of rotatable bonds is 4. The zero-order valence-corrected chi connectivity index (χ0v) is 19.4. The van der Waals surface area contributed by atoms with Crippen molar-refractivity contribution in [3.63, 3.8) is 0 Å². The third-order valence-corrected chi connectivity index (χ3v) is 5.19. The fraction of sp³-hybridized carbons (Fsp3) is 0. The SMILES string of the molecule is O=S(=O)(/C=C/c1ccc(Cl)c(Cl)c1)/N=C(\[O-])c1ccc(Br)cc1Cl.[Na+]. The summed E-state index contributed by atoms with van der Waals surface area (Å²) in [6, 6.07) is 9.02. The van der Waals surface area contributed by atoms with Crippen LogP contribution in [0.15, 0.2) is 50.7 Å². The second-order valence-electron chi connectivity index (χ2n) is 4.51. The second kappa shape index (κ2) is 9.76. The van der Waals surface area contributed by atoms with Crippen LogP contribution in [-0.2, 0) is 10.0 Å². The van der Waals surface area contributed by atoms with Crippen LogP contribution in [-0.4, -0.2) is 14.3 Å². The summed E-state index contributed by atoms with van der Waals surface area (Å²) in [5.41, 5.74) is 0.490. The Kier molecular flexibility index (Phi) is 8.98. The summed E-state index contributed by atoms with van der Waals surface area (Å²) in [7, 11) is -4.13. The molecule has 0 aliphatic carbocycles. The largest absolute Gasteiger partial charge is 1.00 e. The Hall–Kier alpha value is -0.0500. The number of nitrogens with zero attached hydrogens (tertiary/aromatic N) is 1. The molecule has 2 aromatic rings. The summed E-state index contributed by atoms with van der Waals surface area (Å²) in [5.74, 6) is -0.953. The quantitative estimate of drug-likeness (QED) is 0.370. The van der Waals surface area contributed by atoms with Gasteiger partial charge in [0.25, 0.3) is 10.0 Å². The van der Waals surface area contributed by atoms with Crippen LogP contribution < -0.4 is 34.7 Å². The zero-order valence-electron chi connectivity index (χ0n) is 12.7. The zero-order chi connectivity index (χ0) is 17.9. The third-order valence-electron chi connectivity index (χ3n) is 2.75. The molecule has 0 unspecified atom stereocenters. The molecule has 0 fully saturated rings. The van der Waals surface area contributed by atoms with Crippen LogP contribution in [0.3, 0.4) is 0 Å². The summed E-state index contributed by atoms with van der Waals surface area (Å²) in [5, 5.41) is 13.5. The molecule has 0 spiro atoms. The van der Waals surface area contributed by atoms with E-state index in [1.807, 2.05) is 0 Å². The minimum absolute atomic E-state index is 0. The van der Waals surface area contributed by atoms with Gasteiger partial charge in [-0.15, -0.1) is 0 Å². The van der Waals surface area contributed by atoms with Gasteiger partial charge >= 0.3 is 29.6 Å². The first-order valence-corrected chi connectivity index (χ1v) is 9.71. The van der Waals surface area contributed by atoms with E-state index < -0.39 is 15.9 Å².